The van der Waals surface area contributed by atoms with Gasteiger partial charge < -0.3 is 10.5 Å². The predicted molar refractivity (Wildman–Crippen MR) is 70.9 cm³/mol. The number of fused-ring (bicyclic) bond motifs is 1. The van der Waals surface area contributed by atoms with Gasteiger partial charge in [-0.1, -0.05) is 0 Å². The Morgan fingerprint density at radius 1 is 1.45 bits per heavy atom. The summed E-state index contributed by atoms with van der Waals surface area (Å²) in [7, 11) is 1.68. The summed E-state index contributed by atoms with van der Waals surface area (Å²) in [6.45, 7) is 1.95. The SMILES string of the molecule is CC1Oc2cc(N)ccc2N(Cc2nnn(C)n2)C1=O. The summed E-state index contributed by atoms with van der Waals surface area (Å²) in [6.07, 6.45) is -0.569. The molecule has 0 aliphatic carbocycles. The maximum atomic E-state index is 12.3. The minimum atomic E-state index is -0.569. The molecular weight excluding hydrogens is 260 g/mol. The first-order chi connectivity index (χ1) is 9.54. The largest absolute Gasteiger partial charge is 0.479 e. The third-order valence-electron chi connectivity index (χ3n) is 3.04. The number of tetrazole rings is 1. The number of rotatable bonds is 2. The maximum absolute atomic E-state index is 12.3. The first-order valence-electron chi connectivity index (χ1n) is 6.15. The number of carbonyl (C=O) groups is 1. The summed E-state index contributed by atoms with van der Waals surface area (Å²) in [5.74, 6) is 0.911. The van der Waals surface area contributed by atoms with Crippen LogP contribution in [0.2, 0.25) is 0 Å². The molecule has 2 heterocycles. The molecule has 8 nitrogen and oxygen atoms in total. The van der Waals surface area contributed by atoms with Gasteiger partial charge in [-0.15, -0.1) is 10.2 Å². The number of ether oxygens (including phenoxy) is 1. The highest BCUT2D eigenvalue weighted by Gasteiger charge is 2.32. The Bertz CT molecular complexity index is 668. The Morgan fingerprint density at radius 2 is 2.25 bits per heavy atom. The number of amides is 1. The van der Waals surface area contributed by atoms with Crippen molar-refractivity contribution in [3.8, 4) is 5.75 Å². The molecule has 0 fully saturated rings. The van der Waals surface area contributed by atoms with Crippen molar-refractivity contribution >= 4 is 17.3 Å². The van der Waals surface area contributed by atoms with Gasteiger partial charge in [0.2, 0.25) is 0 Å². The van der Waals surface area contributed by atoms with Crippen molar-refractivity contribution in [1.82, 2.24) is 20.2 Å². The second kappa shape index (κ2) is 4.48. The molecule has 2 N–H and O–H groups in total. The van der Waals surface area contributed by atoms with Crippen LogP contribution >= 0.6 is 0 Å². The van der Waals surface area contributed by atoms with E-state index in [-0.39, 0.29) is 12.5 Å². The molecule has 0 saturated carbocycles. The van der Waals surface area contributed by atoms with Crippen molar-refractivity contribution in [2.45, 2.75) is 19.6 Å². The van der Waals surface area contributed by atoms with Crippen molar-refractivity contribution in [3.05, 3.63) is 24.0 Å². The van der Waals surface area contributed by atoms with E-state index in [0.29, 0.717) is 22.9 Å². The third-order valence-corrected chi connectivity index (χ3v) is 3.04. The van der Waals surface area contributed by atoms with Crippen LogP contribution in [0.25, 0.3) is 0 Å². The first kappa shape index (κ1) is 12.4. The smallest absolute Gasteiger partial charge is 0.268 e. The Labute approximate surface area is 115 Å². The Balaban J connectivity index is 1.98. The Hall–Kier alpha value is -2.64. The average Bonchev–Trinajstić information content (AvgIpc) is 2.80. The van der Waals surface area contributed by atoms with Crippen LogP contribution in [0.5, 0.6) is 5.75 Å². The van der Waals surface area contributed by atoms with Crippen LogP contribution in [-0.2, 0) is 18.4 Å². The van der Waals surface area contributed by atoms with Gasteiger partial charge in [0.25, 0.3) is 5.91 Å². The fraction of sp³-hybridized carbons (Fsp3) is 0.333. The van der Waals surface area contributed by atoms with Gasteiger partial charge in [0, 0.05) is 11.8 Å². The van der Waals surface area contributed by atoms with Gasteiger partial charge in [-0.2, -0.15) is 4.80 Å². The molecule has 1 aliphatic rings. The highest BCUT2D eigenvalue weighted by atomic mass is 16.5. The molecule has 1 unspecified atom stereocenters. The molecule has 0 radical (unpaired) electrons. The number of nitrogens with two attached hydrogens (primary N) is 1. The average molecular weight is 274 g/mol. The van der Waals surface area contributed by atoms with Gasteiger partial charge in [-0.3, -0.25) is 9.69 Å². The van der Waals surface area contributed by atoms with Crippen molar-refractivity contribution in [2.75, 3.05) is 10.6 Å². The van der Waals surface area contributed by atoms with E-state index in [2.05, 4.69) is 15.4 Å². The van der Waals surface area contributed by atoms with Gasteiger partial charge >= 0.3 is 0 Å². The Kier molecular flexibility index (Phi) is 2.78. The minimum absolute atomic E-state index is 0.144. The number of benzene rings is 1. The number of hydrogen-bond acceptors (Lipinski definition) is 6. The Morgan fingerprint density at radius 3 is 2.95 bits per heavy atom. The van der Waals surface area contributed by atoms with Gasteiger partial charge in [0.1, 0.15) is 5.75 Å². The predicted octanol–water partition coefficient (Wildman–Crippen LogP) is 0.106. The van der Waals surface area contributed by atoms with Gasteiger partial charge in [0.15, 0.2) is 11.9 Å². The fourth-order valence-corrected chi connectivity index (χ4v) is 2.12. The van der Waals surface area contributed by atoms with E-state index in [1.807, 2.05) is 0 Å². The zero-order valence-corrected chi connectivity index (χ0v) is 11.1. The maximum Gasteiger partial charge on any atom is 0.268 e. The number of aromatic nitrogens is 4. The van der Waals surface area contributed by atoms with Crippen molar-refractivity contribution in [2.24, 2.45) is 7.05 Å². The van der Waals surface area contributed by atoms with Crippen LogP contribution in [0.4, 0.5) is 11.4 Å². The van der Waals surface area contributed by atoms with Crippen LogP contribution < -0.4 is 15.4 Å². The van der Waals surface area contributed by atoms with Crippen LogP contribution in [0.15, 0.2) is 18.2 Å². The van der Waals surface area contributed by atoms with E-state index in [1.165, 1.54) is 4.80 Å². The zero-order valence-electron chi connectivity index (χ0n) is 11.1. The van der Waals surface area contributed by atoms with Crippen molar-refractivity contribution in [1.29, 1.82) is 0 Å². The van der Waals surface area contributed by atoms with Crippen LogP contribution in [0.3, 0.4) is 0 Å². The molecule has 1 aromatic carbocycles. The van der Waals surface area contributed by atoms with Gasteiger partial charge in [0.05, 0.1) is 19.3 Å². The molecule has 3 rings (SSSR count). The monoisotopic (exact) mass is 274 g/mol. The van der Waals surface area contributed by atoms with Crippen molar-refractivity contribution in [3.63, 3.8) is 0 Å². The van der Waals surface area contributed by atoms with Gasteiger partial charge in [-0.25, -0.2) is 0 Å². The molecule has 2 aromatic rings. The van der Waals surface area contributed by atoms with Gasteiger partial charge in [-0.05, 0) is 24.3 Å². The highest BCUT2D eigenvalue weighted by molar-refractivity contribution is 5.99. The topological polar surface area (TPSA) is 99.2 Å². The lowest BCUT2D eigenvalue weighted by Crippen LogP contribution is -2.44. The summed E-state index contributed by atoms with van der Waals surface area (Å²) in [5, 5.41) is 11.8. The van der Waals surface area contributed by atoms with Crippen LogP contribution in [0.1, 0.15) is 12.7 Å². The molecule has 0 bridgehead atoms. The summed E-state index contributed by atoms with van der Waals surface area (Å²) in [6, 6.07) is 5.18. The van der Waals surface area contributed by atoms with E-state index in [0.717, 1.165) is 0 Å². The lowest BCUT2D eigenvalue weighted by Gasteiger charge is -2.32. The van der Waals surface area contributed by atoms with Crippen LogP contribution in [0, 0.1) is 0 Å². The minimum Gasteiger partial charge on any atom is -0.479 e. The number of aryl methyl sites for hydroxylation is 1. The quantitative estimate of drug-likeness (QED) is 0.780. The van der Waals surface area contributed by atoms with E-state index >= 15 is 0 Å². The zero-order chi connectivity index (χ0) is 14.3. The number of carbonyl (C=O) groups excluding carboxylic acids is 1. The van der Waals surface area contributed by atoms with E-state index in [1.54, 1.807) is 37.1 Å². The first-order valence-corrected chi connectivity index (χ1v) is 6.15. The number of nitrogen functional groups attached to an aromatic ring is 1. The number of anilines is 2. The summed E-state index contributed by atoms with van der Waals surface area (Å²) < 4.78 is 5.57. The fourth-order valence-electron chi connectivity index (χ4n) is 2.12. The second-order valence-corrected chi connectivity index (χ2v) is 4.61. The molecule has 0 saturated heterocycles. The third kappa shape index (κ3) is 2.04. The van der Waals surface area contributed by atoms with E-state index < -0.39 is 6.10 Å². The molecule has 1 amide bonds. The lowest BCUT2D eigenvalue weighted by atomic mass is 10.1. The lowest BCUT2D eigenvalue weighted by molar-refractivity contribution is -0.125. The summed E-state index contributed by atoms with van der Waals surface area (Å²) in [4.78, 5) is 15.2. The molecule has 20 heavy (non-hydrogen) atoms. The molecule has 104 valence electrons. The number of nitrogens with zero attached hydrogens (tertiary/aromatic N) is 5. The normalized spacial score (nSPS) is 17.8. The van der Waals surface area contributed by atoms with E-state index in [4.69, 9.17) is 10.5 Å². The molecule has 1 aromatic heterocycles. The molecule has 8 heteroatoms. The second-order valence-electron chi connectivity index (χ2n) is 4.61. The summed E-state index contributed by atoms with van der Waals surface area (Å²) >= 11 is 0. The molecule has 1 atom stereocenters. The molecule has 1 aliphatic heterocycles. The van der Waals surface area contributed by atoms with E-state index in [9.17, 15) is 4.79 Å². The standard InChI is InChI=1S/C12H14N6O2/c1-7-12(19)18(6-11-14-16-17(2)15-11)9-4-3-8(13)5-10(9)20-7/h3-5,7H,6,13H2,1-2H3. The summed E-state index contributed by atoms with van der Waals surface area (Å²) in [5.41, 5.74) is 6.99. The van der Waals surface area contributed by atoms with Crippen LogP contribution in [-0.4, -0.2) is 32.2 Å². The number of hydrogen-bond donors (Lipinski definition) is 1. The highest BCUT2D eigenvalue weighted by Crippen LogP contribution is 2.36. The van der Waals surface area contributed by atoms with Crippen molar-refractivity contribution < 1.29 is 9.53 Å². The molecular formula is C12H14N6O2. The molecule has 0 spiro atoms.